The van der Waals surface area contributed by atoms with E-state index in [0.717, 1.165) is 0 Å². The first-order chi connectivity index (χ1) is 15.7. The molecule has 0 aliphatic rings. The van der Waals surface area contributed by atoms with Gasteiger partial charge in [-0.1, -0.05) is 41.9 Å². The highest BCUT2D eigenvalue weighted by molar-refractivity contribution is 6.29. The Bertz CT molecular complexity index is 1260. The molecule has 7 nitrogen and oxygen atoms in total. The molecule has 0 spiro atoms. The molecule has 11 heteroatoms. The molecule has 0 saturated heterocycles. The maximum atomic E-state index is 12.8. The summed E-state index contributed by atoms with van der Waals surface area (Å²) >= 11 is 5.78. The van der Waals surface area contributed by atoms with Crippen molar-refractivity contribution in [2.24, 2.45) is 0 Å². The highest BCUT2D eigenvalue weighted by Crippen LogP contribution is 2.29. The number of carbonyl (C=O) groups is 1. The summed E-state index contributed by atoms with van der Waals surface area (Å²) in [5, 5.41) is 15.1. The van der Waals surface area contributed by atoms with Gasteiger partial charge in [-0.15, -0.1) is 10.2 Å². The van der Waals surface area contributed by atoms with Crippen LogP contribution >= 0.6 is 11.6 Å². The van der Waals surface area contributed by atoms with Crippen LogP contribution in [0.25, 0.3) is 16.7 Å². The van der Waals surface area contributed by atoms with Crippen molar-refractivity contribution in [2.45, 2.75) is 25.2 Å². The van der Waals surface area contributed by atoms with Crippen LogP contribution in [0.5, 0.6) is 5.75 Å². The van der Waals surface area contributed by atoms with Crippen molar-refractivity contribution < 1.29 is 22.7 Å². The highest BCUT2D eigenvalue weighted by atomic mass is 35.5. The summed E-state index contributed by atoms with van der Waals surface area (Å²) in [5.41, 5.74) is 1.33. The minimum absolute atomic E-state index is 0.254. The third kappa shape index (κ3) is 5.06. The molecule has 2 heterocycles. The number of nitrogens with one attached hydrogen (secondary N) is 1. The van der Waals surface area contributed by atoms with Gasteiger partial charge >= 0.3 is 12.1 Å². The molecular formula is C22H17ClF3N5O2. The number of hydrogen-bond donors (Lipinski definition) is 1. The van der Waals surface area contributed by atoms with Crippen molar-refractivity contribution in [2.75, 3.05) is 0 Å². The van der Waals surface area contributed by atoms with Gasteiger partial charge in [-0.05, 0) is 42.8 Å². The van der Waals surface area contributed by atoms with E-state index < -0.39 is 24.2 Å². The summed E-state index contributed by atoms with van der Waals surface area (Å²) in [6.45, 7) is 1.46. The minimum atomic E-state index is -4.99. The van der Waals surface area contributed by atoms with Gasteiger partial charge < -0.3 is 10.1 Å². The van der Waals surface area contributed by atoms with Crippen molar-refractivity contribution in [1.29, 1.82) is 0 Å². The van der Waals surface area contributed by atoms with E-state index in [2.05, 4.69) is 15.3 Å². The van der Waals surface area contributed by atoms with E-state index >= 15 is 0 Å². The van der Waals surface area contributed by atoms with Gasteiger partial charge in [-0.25, -0.2) is 4.68 Å². The molecule has 2 atom stereocenters. The van der Waals surface area contributed by atoms with Gasteiger partial charge in [0.05, 0.1) is 17.8 Å². The fraction of sp³-hybridized carbons (Fsp3) is 0.182. The van der Waals surface area contributed by atoms with Gasteiger partial charge in [0.15, 0.2) is 11.0 Å². The Morgan fingerprint density at radius 1 is 1.09 bits per heavy atom. The van der Waals surface area contributed by atoms with Gasteiger partial charge in [0.2, 0.25) is 0 Å². The van der Waals surface area contributed by atoms with E-state index in [1.165, 1.54) is 6.92 Å². The second kappa shape index (κ2) is 9.07. The molecule has 0 bridgehead atoms. The maximum Gasteiger partial charge on any atom is 0.471 e. The van der Waals surface area contributed by atoms with Gasteiger partial charge in [0.25, 0.3) is 0 Å². The zero-order chi connectivity index (χ0) is 23.6. The zero-order valence-corrected chi connectivity index (χ0v) is 17.9. The summed E-state index contributed by atoms with van der Waals surface area (Å²) in [7, 11) is 0. The smallest absolute Gasteiger partial charge is 0.471 e. The number of carbonyl (C=O) groups excluding carboxylic acids is 1. The lowest BCUT2D eigenvalue weighted by molar-refractivity contribution is -0.174. The largest absolute Gasteiger partial charge is 0.484 e. The molecule has 2 aromatic carbocycles. The lowest BCUT2D eigenvalue weighted by Crippen LogP contribution is -2.45. The van der Waals surface area contributed by atoms with Gasteiger partial charge in [-0.3, -0.25) is 4.79 Å². The molecule has 0 fully saturated rings. The molecule has 1 amide bonds. The Kier molecular flexibility index (Phi) is 6.19. The van der Waals surface area contributed by atoms with E-state index in [0.29, 0.717) is 28.0 Å². The molecule has 1 N–H and O–H groups in total. The monoisotopic (exact) mass is 475 g/mol. The Morgan fingerprint density at radius 2 is 1.85 bits per heavy atom. The summed E-state index contributed by atoms with van der Waals surface area (Å²) in [5.74, 6) is -1.17. The van der Waals surface area contributed by atoms with Crippen LogP contribution in [-0.4, -0.2) is 38.1 Å². The SMILES string of the molecule is CC(NC(=O)C(F)(F)F)[C@H](Oc1ccc2c(cnn2-c2ccc(Cl)nn2)c1)c1ccccc1. The van der Waals surface area contributed by atoms with Crippen molar-refractivity contribution in [3.05, 3.63) is 77.6 Å². The van der Waals surface area contributed by atoms with Gasteiger partial charge in [0, 0.05) is 5.39 Å². The van der Waals surface area contributed by atoms with Gasteiger partial charge in [-0.2, -0.15) is 18.3 Å². The number of halogens is 4. The normalized spacial score (nSPS) is 13.5. The number of hydrogen-bond acceptors (Lipinski definition) is 5. The lowest BCUT2D eigenvalue weighted by Gasteiger charge is -2.27. The molecule has 170 valence electrons. The molecular weight excluding hydrogens is 459 g/mol. The Hall–Kier alpha value is -3.66. The standard InChI is InChI=1S/C22H17ClF3N5O2/c1-13(28-21(32)22(24,25)26)20(14-5-3-2-4-6-14)33-16-7-8-17-15(11-16)12-27-31(17)19-10-9-18(23)29-30-19/h2-13,20H,1H3,(H,28,32)/t13?,20-/m0/s1. The Morgan fingerprint density at radius 3 is 2.52 bits per heavy atom. The van der Waals surface area contributed by atoms with Gasteiger partial charge in [0.1, 0.15) is 11.9 Å². The molecule has 4 rings (SSSR count). The molecule has 0 aliphatic heterocycles. The topological polar surface area (TPSA) is 81.9 Å². The predicted octanol–water partition coefficient (Wildman–Crippen LogP) is 4.66. The number of aromatic nitrogens is 4. The summed E-state index contributed by atoms with van der Waals surface area (Å²) < 4.78 is 45.9. The number of ether oxygens (including phenoxy) is 1. The third-order valence-electron chi connectivity index (χ3n) is 4.84. The van der Waals surface area contributed by atoms with Crippen molar-refractivity contribution in [3.8, 4) is 11.6 Å². The van der Waals surface area contributed by atoms with E-state index in [9.17, 15) is 18.0 Å². The third-order valence-corrected chi connectivity index (χ3v) is 5.04. The first-order valence-corrected chi connectivity index (χ1v) is 10.2. The van der Waals surface area contributed by atoms with Crippen LogP contribution in [0.4, 0.5) is 13.2 Å². The summed E-state index contributed by atoms with van der Waals surface area (Å²) in [4.78, 5) is 11.5. The average Bonchev–Trinajstić information content (AvgIpc) is 3.21. The first-order valence-electron chi connectivity index (χ1n) is 9.79. The Labute approximate surface area is 191 Å². The number of amides is 1. The zero-order valence-electron chi connectivity index (χ0n) is 17.1. The van der Waals surface area contributed by atoms with E-state index in [1.54, 1.807) is 71.5 Å². The number of rotatable bonds is 6. The number of fused-ring (bicyclic) bond motifs is 1. The summed E-state index contributed by atoms with van der Waals surface area (Å²) in [6, 6.07) is 16.1. The second-order valence-corrected chi connectivity index (χ2v) is 7.59. The first kappa shape index (κ1) is 22.5. The van der Waals surface area contributed by atoms with Crippen LogP contribution in [0.2, 0.25) is 5.15 Å². The fourth-order valence-corrected chi connectivity index (χ4v) is 3.40. The van der Waals surface area contributed by atoms with Crippen molar-refractivity contribution in [1.82, 2.24) is 25.3 Å². The molecule has 0 saturated carbocycles. The summed E-state index contributed by atoms with van der Waals surface area (Å²) in [6.07, 6.45) is -4.26. The number of nitrogens with zero attached hydrogens (tertiary/aromatic N) is 4. The highest BCUT2D eigenvalue weighted by Gasteiger charge is 2.40. The number of alkyl halides is 3. The molecule has 4 aromatic rings. The minimum Gasteiger partial charge on any atom is -0.484 e. The molecule has 1 unspecified atom stereocenters. The Balaban J connectivity index is 1.62. The average molecular weight is 476 g/mol. The quantitative estimate of drug-likeness (QED) is 0.439. The maximum absolute atomic E-state index is 12.8. The van der Waals surface area contributed by atoms with Crippen LogP contribution < -0.4 is 10.1 Å². The van der Waals surface area contributed by atoms with E-state index in [4.69, 9.17) is 16.3 Å². The van der Waals surface area contributed by atoms with Crippen LogP contribution in [0.3, 0.4) is 0 Å². The van der Waals surface area contributed by atoms with E-state index in [1.807, 2.05) is 5.32 Å². The van der Waals surface area contributed by atoms with Crippen molar-refractivity contribution in [3.63, 3.8) is 0 Å². The second-order valence-electron chi connectivity index (χ2n) is 7.20. The van der Waals surface area contributed by atoms with Crippen molar-refractivity contribution >= 4 is 28.4 Å². The van der Waals surface area contributed by atoms with Crippen LogP contribution in [-0.2, 0) is 4.79 Å². The van der Waals surface area contributed by atoms with Crippen LogP contribution in [0.15, 0.2) is 66.9 Å². The number of benzene rings is 2. The molecule has 0 aliphatic carbocycles. The fourth-order valence-electron chi connectivity index (χ4n) is 3.30. The molecule has 2 aromatic heterocycles. The lowest BCUT2D eigenvalue weighted by atomic mass is 10.0. The van der Waals surface area contributed by atoms with Crippen LogP contribution in [0, 0.1) is 0 Å². The van der Waals surface area contributed by atoms with Crippen LogP contribution in [0.1, 0.15) is 18.6 Å². The molecule has 33 heavy (non-hydrogen) atoms. The molecule has 0 radical (unpaired) electrons. The van der Waals surface area contributed by atoms with E-state index in [-0.39, 0.29) is 5.15 Å². The predicted molar refractivity (Wildman–Crippen MR) is 115 cm³/mol.